The lowest BCUT2D eigenvalue weighted by Gasteiger charge is -2.28. The Bertz CT molecular complexity index is 2240. The van der Waals surface area contributed by atoms with Crippen LogP contribution < -0.4 is 115 Å². The molecule has 0 rings (SSSR count). The van der Waals surface area contributed by atoms with Crippen LogP contribution in [0, 0.1) is 32.5 Å². The minimum absolute atomic E-state index is 0.000345. The van der Waals surface area contributed by atoms with Crippen LogP contribution in [-0.2, 0) is 43.2 Å². The minimum Gasteiger partial charge on any atom is -0.481 e. The molecule has 0 fully saturated rings. The van der Waals surface area contributed by atoms with E-state index in [1.165, 1.54) is 0 Å². The molecule has 0 aliphatic heterocycles. The van der Waals surface area contributed by atoms with Crippen molar-refractivity contribution in [2.75, 3.05) is 45.8 Å². The number of rotatable bonds is 46. The molecular weight excluding hydrogens is 1120 g/mol. The Hall–Kier alpha value is -9.23. The van der Waals surface area contributed by atoms with E-state index in [9.17, 15) is 48.3 Å². The van der Waals surface area contributed by atoms with Crippen molar-refractivity contribution in [1.29, 1.82) is 32.5 Å². The number of hydrogen-bond donors (Lipinski definition) is 29. The maximum absolute atomic E-state index is 14.6. The highest BCUT2D eigenvalue weighted by molar-refractivity contribution is 5.98. The second-order valence-electron chi connectivity index (χ2n) is 19.5. The molecule has 0 aromatic rings. The highest BCUT2D eigenvalue weighted by Gasteiger charge is 2.34. The van der Waals surface area contributed by atoms with Gasteiger partial charge in [0.2, 0.25) is 41.4 Å². The fourth-order valence-corrected chi connectivity index (χ4v) is 7.87. The Morgan fingerprint density at radius 1 is 0.318 bits per heavy atom. The van der Waals surface area contributed by atoms with Gasteiger partial charge in [-0.05, 0) is 103 Å². The predicted molar refractivity (Wildman–Crippen MR) is 314 cm³/mol. The van der Waals surface area contributed by atoms with Gasteiger partial charge in [0.05, 0.1) is 6.04 Å². The molecular formula is C47H93N27O11. The maximum Gasteiger partial charge on any atom is 0.326 e. The lowest BCUT2D eigenvalue weighted by Crippen LogP contribution is -2.60. The van der Waals surface area contributed by atoms with Crippen LogP contribution in [0.5, 0.6) is 0 Å². The van der Waals surface area contributed by atoms with Crippen molar-refractivity contribution < 1.29 is 53.4 Å². The van der Waals surface area contributed by atoms with Crippen LogP contribution in [0.1, 0.15) is 109 Å². The molecule has 0 radical (unpaired) electrons. The van der Waals surface area contributed by atoms with Crippen molar-refractivity contribution in [2.45, 2.75) is 157 Å². The number of carbonyl (C=O) groups is 9. The number of carboxylic acids is 2. The van der Waals surface area contributed by atoms with E-state index < -0.39 is 138 Å². The summed E-state index contributed by atoms with van der Waals surface area (Å²) >= 11 is 0. The molecule has 37 N–H and O–H groups in total. The predicted octanol–water partition coefficient (Wildman–Crippen LogP) is -8.63. The van der Waals surface area contributed by atoms with Crippen LogP contribution in [-0.4, -0.2) is 193 Å². The number of carboxylic acid groups (broad SMARTS) is 2. The number of nitrogens with two attached hydrogens (primary N) is 8. The molecule has 0 aromatic carbocycles. The number of aliphatic carboxylic acids is 2. The zero-order valence-electron chi connectivity index (χ0n) is 47.8. The molecule has 8 atom stereocenters. The molecule has 0 saturated heterocycles. The fraction of sp³-hybridized carbons (Fsp3) is 0.681. The van der Waals surface area contributed by atoms with Gasteiger partial charge in [-0.3, -0.25) is 70.8 Å². The highest BCUT2D eigenvalue weighted by atomic mass is 16.4. The summed E-state index contributed by atoms with van der Waals surface area (Å²) in [7, 11) is 0. The van der Waals surface area contributed by atoms with Gasteiger partial charge in [-0.1, -0.05) is 6.42 Å². The second kappa shape index (κ2) is 43.5. The molecule has 38 nitrogen and oxygen atoms in total. The van der Waals surface area contributed by atoms with Gasteiger partial charge in [0, 0.05) is 45.7 Å². The Balaban J connectivity index is 7.37. The van der Waals surface area contributed by atoms with E-state index in [0.29, 0.717) is 19.4 Å². The van der Waals surface area contributed by atoms with Crippen LogP contribution in [0.4, 0.5) is 0 Å². The molecule has 7 amide bonds. The lowest BCUT2D eigenvalue weighted by atomic mass is 10.0. The van der Waals surface area contributed by atoms with Gasteiger partial charge < -0.3 is 125 Å². The molecule has 0 bridgehead atoms. The van der Waals surface area contributed by atoms with E-state index in [0.717, 1.165) is 0 Å². The SMILES string of the molecule is N=C(N)NCCC[C@H](NC(=O)[C@H](CCCNC(=N)N)NC(=O)[C@H](CCCNC(=N)N)NC(=O)[C@H](CCCNC(=N)N)NC(=O)[C@H](CCCNC(=N)N)NC(=O)[C@H](CCCNC(=N)N)NC(=O)[C@@H](N)CCCCN)C(=O)N[C@@H](CCC(=O)O)C(=O)O. The molecule has 85 heavy (non-hydrogen) atoms. The third-order valence-electron chi connectivity index (χ3n) is 12.3. The average Bonchev–Trinajstić information content (AvgIpc) is 3.64. The molecule has 0 aliphatic carbocycles. The zero-order chi connectivity index (χ0) is 64.4. The third-order valence-corrected chi connectivity index (χ3v) is 12.3. The molecule has 0 aromatic heterocycles. The standard InChI is InChI=1S/C47H93N27O11/c48-18-2-1-9-25(49)34(77)68-26(10-3-19-62-42(50)51)35(78)69-27(11-4-20-63-43(52)53)36(79)70-28(12-5-21-64-44(54)55)37(80)71-29(13-6-22-65-45(56)57)38(81)72-30(14-7-23-66-46(58)59)39(82)73-31(15-8-24-67-47(60)61)40(83)74-32(41(84)85)16-17-33(75)76/h25-32H,1-24,48-49H2,(H,68,77)(H,69,78)(H,70,79)(H,71,80)(H,72,81)(H,73,82)(H,74,83)(H,75,76)(H,84,85)(H4,50,51,62)(H4,52,53,63)(H4,54,55,64)(H4,56,57,65)(H4,58,59,66)(H4,60,61,67)/t25-,26-,27-,28-,29-,30-,31-,32-/m0/s1. The first-order chi connectivity index (χ1) is 40.1. The topological polar surface area (TPSA) is 702 Å². The average molecular weight is 1210 g/mol. The summed E-state index contributed by atoms with van der Waals surface area (Å²) < 4.78 is 0. The van der Waals surface area contributed by atoms with Gasteiger partial charge in [-0.15, -0.1) is 0 Å². The van der Waals surface area contributed by atoms with E-state index >= 15 is 0 Å². The first kappa shape index (κ1) is 75.8. The monoisotopic (exact) mass is 1210 g/mol. The normalized spacial score (nSPS) is 13.5. The zero-order valence-corrected chi connectivity index (χ0v) is 47.8. The van der Waals surface area contributed by atoms with Crippen molar-refractivity contribution in [3.05, 3.63) is 0 Å². The van der Waals surface area contributed by atoms with Crippen LogP contribution in [0.2, 0.25) is 0 Å². The summed E-state index contributed by atoms with van der Waals surface area (Å²) in [6.45, 7) is 0.582. The van der Waals surface area contributed by atoms with Gasteiger partial charge in [-0.2, -0.15) is 0 Å². The molecule has 482 valence electrons. The summed E-state index contributed by atoms with van der Waals surface area (Å²) in [5.41, 5.74) is 44.4. The smallest absolute Gasteiger partial charge is 0.326 e. The number of guanidine groups is 6. The van der Waals surface area contributed by atoms with Gasteiger partial charge in [-0.25, -0.2) is 4.79 Å². The minimum atomic E-state index is -1.70. The molecule has 0 spiro atoms. The molecule has 0 heterocycles. The summed E-state index contributed by atoms with van der Waals surface area (Å²) in [6.07, 6.45) is -0.236. The molecule has 0 saturated carbocycles. The molecule has 0 aliphatic rings. The van der Waals surface area contributed by atoms with Crippen molar-refractivity contribution in [2.24, 2.45) is 45.9 Å². The van der Waals surface area contributed by atoms with Crippen LogP contribution in [0.25, 0.3) is 0 Å². The van der Waals surface area contributed by atoms with Gasteiger partial charge in [0.15, 0.2) is 35.8 Å². The summed E-state index contributed by atoms with van der Waals surface area (Å²) in [6, 6.07) is -11.6. The third kappa shape index (κ3) is 37.5. The van der Waals surface area contributed by atoms with Crippen molar-refractivity contribution >= 4 is 89.0 Å². The summed E-state index contributed by atoms with van der Waals surface area (Å²) in [5.74, 6) is -11.7. The largest absolute Gasteiger partial charge is 0.481 e. The maximum atomic E-state index is 14.6. The number of unbranched alkanes of at least 4 members (excludes halogenated alkanes) is 1. The summed E-state index contributed by atoms with van der Waals surface area (Å²) in [5, 5.41) is 97.5. The number of hydrogen-bond acceptors (Lipinski definition) is 17. The van der Waals surface area contributed by atoms with E-state index in [4.69, 9.17) is 83.4 Å². The quantitative estimate of drug-likeness (QED) is 0.0153. The van der Waals surface area contributed by atoms with Crippen molar-refractivity contribution in [3.8, 4) is 0 Å². The Morgan fingerprint density at radius 3 is 0.741 bits per heavy atom. The second-order valence-corrected chi connectivity index (χ2v) is 19.5. The van der Waals surface area contributed by atoms with Gasteiger partial charge in [0.25, 0.3) is 0 Å². The molecule has 38 heteroatoms. The van der Waals surface area contributed by atoms with Crippen LogP contribution in [0.3, 0.4) is 0 Å². The molecule has 0 unspecified atom stereocenters. The first-order valence-corrected chi connectivity index (χ1v) is 27.6. The van der Waals surface area contributed by atoms with Crippen LogP contribution in [0.15, 0.2) is 0 Å². The lowest BCUT2D eigenvalue weighted by molar-refractivity contribution is -0.143. The van der Waals surface area contributed by atoms with E-state index in [2.05, 4.69) is 69.1 Å². The number of carbonyl (C=O) groups excluding carboxylic acids is 7. The number of amides is 7. The Labute approximate surface area is 492 Å². The Kier molecular flexibility index (Phi) is 38.7. The first-order valence-electron chi connectivity index (χ1n) is 27.6. The number of nitrogens with one attached hydrogen (secondary N) is 19. The van der Waals surface area contributed by atoms with Crippen LogP contribution >= 0.6 is 0 Å². The summed E-state index contributed by atoms with van der Waals surface area (Å²) in [4.78, 5) is 122. The van der Waals surface area contributed by atoms with E-state index in [1.54, 1.807) is 0 Å². The highest BCUT2D eigenvalue weighted by Crippen LogP contribution is 2.10. The van der Waals surface area contributed by atoms with Gasteiger partial charge >= 0.3 is 11.9 Å². The Morgan fingerprint density at radius 2 is 0.541 bits per heavy atom. The van der Waals surface area contributed by atoms with E-state index in [-0.39, 0.29) is 135 Å². The van der Waals surface area contributed by atoms with E-state index in [1.807, 2.05) is 0 Å². The van der Waals surface area contributed by atoms with Crippen molar-refractivity contribution in [1.82, 2.24) is 69.1 Å². The van der Waals surface area contributed by atoms with Crippen molar-refractivity contribution in [3.63, 3.8) is 0 Å². The van der Waals surface area contributed by atoms with Gasteiger partial charge in [0.1, 0.15) is 42.3 Å². The fourth-order valence-electron chi connectivity index (χ4n) is 7.87.